The first-order chi connectivity index (χ1) is 8.65. The first-order valence-corrected chi connectivity index (χ1v) is 5.93. The maximum absolute atomic E-state index is 6.09. The summed E-state index contributed by atoms with van der Waals surface area (Å²) in [4.78, 5) is 4.31. The Morgan fingerprint density at radius 1 is 1.28 bits per heavy atom. The third-order valence-electron chi connectivity index (χ3n) is 2.83. The number of nitrogens with zero attached hydrogens (tertiary/aromatic N) is 1. The third-order valence-corrected chi connectivity index (χ3v) is 3.13. The van der Waals surface area contributed by atoms with Gasteiger partial charge in [0.05, 0.1) is 16.9 Å². The molecule has 0 saturated heterocycles. The Morgan fingerprint density at radius 3 is 2.83 bits per heavy atom. The van der Waals surface area contributed by atoms with Crippen LogP contribution >= 0.6 is 11.6 Å². The van der Waals surface area contributed by atoms with Crippen LogP contribution in [0.1, 0.15) is 5.56 Å². The van der Waals surface area contributed by atoms with Gasteiger partial charge in [0.2, 0.25) is 0 Å². The van der Waals surface area contributed by atoms with E-state index in [2.05, 4.69) is 4.98 Å². The van der Waals surface area contributed by atoms with Crippen LogP contribution in [0.4, 0.5) is 5.69 Å². The van der Waals surface area contributed by atoms with Gasteiger partial charge in [0.25, 0.3) is 0 Å². The van der Waals surface area contributed by atoms with Gasteiger partial charge in [0, 0.05) is 5.39 Å². The molecule has 2 aromatic heterocycles. The van der Waals surface area contributed by atoms with E-state index in [9.17, 15) is 0 Å². The van der Waals surface area contributed by atoms with Crippen LogP contribution in [0.2, 0.25) is 5.02 Å². The van der Waals surface area contributed by atoms with E-state index in [-0.39, 0.29) is 0 Å². The van der Waals surface area contributed by atoms with Crippen molar-refractivity contribution in [2.24, 2.45) is 0 Å². The van der Waals surface area contributed by atoms with Crippen LogP contribution in [0, 0.1) is 6.92 Å². The SMILES string of the molecule is Cc1cc(N)cnc1-c1cc2cccc(Cl)c2o1. The van der Waals surface area contributed by atoms with Crippen LogP contribution in [0.15, 0.2) is 40.9 Å². The number of nitrogen functional groups attached to an aromatic ring is 1. The zero-order valence-corrected chi connectivity index (χ0v) is 10.5. The predicted octanol–water partition coefficient (Wildman–Crippen LogP) is 4.04. The van der Waals surface area contributed by atoms with Crippen LogP contribution in [0.5, 0.6) is 0 Å². The Bertz CT molecular complexity index is 734. The number of anilines is 1. The van der Waals surface area contributed by atoms with Gasteiger partial charge in [-0.15, -0.1) is 0 Å². The average molecular weight is 259 g/mol. The van der Waals surface area contributed by atoms with Crippen LogP contribution < -0.4 is 5.73 Å². The van der Waals surface area contributed by atoms with Crippen molar-refractivity contribution >= 4 is 28.3 Å². The molecule has 3 rings (SSSR count). The molecule has 2 heterocycles. The first-order valence-electron chi connectivity index (χ1n) is 5.56. The largest absolute Gasteiger partial charge is 0.453 e. The van der Waals surface area contributed by atoms with Crippen molar-refractivity contribution in [1.82, 2.24) is 4.98 Å². The molecule has 0 aliphatic heterocycles. The summed E-state index contributed by atoms with van der Waals surface area (Å²) in [5.41, 5.74) is 8.79. The van der Waals surface area contributed by atoms with Gasteiger partial charge in [-0.1, -0.05) is 23.7 Å². The molecule has 18 heavy (non-hydrogen) atoms. The van der Waals surface area contributed by atoms with Crippen molar-refractivity contribution in [2.75, 3.05) is 5.73 Å². The smallest absolute Gasteiger partial charge is 0.154 e. The molecule has 0 aliphatic rings. The predicted molar refractivity (Wildman–Crippen MR) is 73.6 cm³/mol. The highest BCUT2D eigenvalue weighted by Gasteiger charge is 2.11. The van der Waals surface area contributed by atoms with Crippen molar-refractivity contribution in [3.05, 3.63) is 47.1 Å². The average Bonchev–Trinajstić information content (AvgIpc) is 2.74. The van der Waals surface area contributed by atoms with Gasteiger partial charge in [-0.25, -0.2) is 0 Å². The Kier molecular flexibility index (Phi) is 2.49. The van der Waals surface area contributed by atoms with Gasteiger partial charge in [-0.3, -0.25) is 4.98 Å². The summed E-state index contributed by atoms with van der Waals surface area (Å²) < 4.78 is 5.77. The second-order valence-corrected chi connectivity index (χ2v) is 4.61. The Labute approximate surface area is 109 Å². The van der Waals surface area contributed by atoms with Crippen molar-refractivity contribution in [1.29, 1.82) is 0 Å². The maximum Gasteiger partial charge on any atom is 0.154 e. The van der Waals surface area contributed by atoms with E-state index >= 15 is 0 Å². The quantitative estimate of drug-likeness (QED) is 0.717. The molecule has 3 aromatic rings. The van der Waals surface area contributed by atoms with Gasteiger partial charge in [0.15, 0.2) is 11.3 Å². The van der Waals surface area contributed by atoms with Crippen LogP contribution in [0.25, 0.3) is 22.4 Å². The Hall–Kier alpha value is -2.00. The van der Waals surface area contributed by atoms with E-state index in [0.29, 0.717) is 22.1 Å². The number of hydrogen-bond acceptors (Lipinski definition) is 3. The standard InChI is InChI=1S/C14H11ClN2O/c1-8-5-10(16)7-17-13(8)12-6-9-3-2-4-11(15)14(9)18-12/h2-7H,16H2,1H3. The minimum absolute atomic E-state index is 0.604. The number of rotatable bonds is 1. The number of para-hydroxylation sites is 1. The molecule has 0 saturated carbocycles. The number of nitrogens with two attached hydrogens (primary N) is 1. The summed E-state index contributed by atoms with van der Waals surface area (Å²) in [7, 11) is 0. The molecule has 0 spiro atoms. The fourth-order valence-corrected chi connectivity index (χ4v) is 2.22. The summed E-state index contributed by atoms with van der Waals surface area (Å²) in [5, 5.41) is 1.57. The molecule has 4 heteroatoms. The summed E-state index contributed by atoms with van der Waals surface area (Å²) in [6, 6.07) is 9.47. The molecule has 0 fully saturated rings. The first kappa shape index (κ1) is 11.1. The molecule has 0 aliphatic carbocycles. The number of aryl methyl sites for hydroxylation is 1. The number of halogens is 1. The van der Waals surface area contributed by atoms with E-state index in [1.165, 1.54) is 0 Å². The molecule has 1 aromatic carbocycles. The highest BCUT2D eigenvalue weighted by molar-refractivity contribution is 6.34. The minimum atomic E-state index is 0.604. The lowest BCUT2D eigenvalue weighted by Crippen LogP contribution is -1.91. The third kappa shape index (κ3) is 1.73. The molecule has 2 N–H and O–H groups in total. The lowest BCUT2D eigenvalue weighted by atomic mass is 10.1. The van der Waals surface area contributed by atoms with Crippen LogP contribution in [0.3, 0.4) is 0 Å². The van der Waals surface area contributed by atoms with E-state index in [1.807, 2.05) is 31.2 Å². The molecular formula is C14H11ClN2O. The van der Waals surface area contributed by atoms with Crippen molar-refractivity contribution in [3.8, 4) is 11.5 Å². The summed E-state index contributed by atoms with van der Waals surface area (Å²) >= 11 is 6.09. The number of hydrogen-bond donors (Lipinski definition) is 1. The fourth-order valence-electron chi connectivity index (χ4n) is 2.00. The molecule has 0 atom stereocenters. The number of aromatic nitrogens is 1. The molecule has 0 amide bonds. The lowest BCUT2D eigenvalue weighted by molar-refractivity contribution is 0.628. The molecule has 3 nitrogen and oxygen atoms in total. The normalized spacial score (nSPS) is 11.0. The number of fused-ring (bicyclic) bond motifs is 1. The molecule has 0 radical (unpaired) electrons. The van der Waals surface area contributed by atoms with E-state index in [4.69, 9.17) is 21.8 Å². The molecule has 0 bridgehead atoms. The Balaban J connectivity index is 2.23. The Morgan fingerprint density at radius 2 is 2.11 bits per heavy atom. The van der Waals surface area contributed by atoms with Crippen LogP contribution in [-0.4, -0.2) is 4.98 Å². The highest BCUT2D eigenvalue weighted by atomic mass is 35.5. The van der Waals surface area contributed by atoms with Crippen molar-refractivity contribution in [2.45, 2.75) is 6.92 Å². The number of benzene rings is 1. The lowest BCUT2D eigenvalue weighted by Gasteiger charge is -2.01. The van der Waals surface area contributed by atoms with Gasteiger partial charge >= 0.3 is 0 Å². The zero-order chi connectivity index (χ0) is 12.7. The zero-order valence-electron chi connectivity index (χ0n) is 9.77. The molecule has 90 valence electrons. The van der Waals surface area contributed by atoms with Gasteiger partial charge < -0.3 is 10.2 Å². The van der Waals surface area contributed by atoms with Gasteiger partial charge in [-0.05, 0) is 30.7 Å². The van der Waals surface area contributed by atoms with Crippen LogP contribution in [-0.2, 0) is 0 Å². The minimum Gasteiger partial charge on any atom is -0.453 e. The topological polar surface area (TPSA) is 52.0 Å². The second kappa shape index (κ2) is 4.03. The fraction of sp³-hybridized carbons (Fsp3) is 0.0714. The maximum atomic E-state index is 6.09. The summed E-state index contributed by atoms with van der Waals surface area (Å²) in [5.74, 6) is 0.704. The number of pyridine rings is 1. The van der Waals surface area contributed by atoms with Crippen molar-refractivity contribution in [3.63, 3.8) is 0 Å². The number of furan rings is 1. The molecule has 0 unspecified atom stereocenters. The van der Waals surface area contributed by atoms with Crippen molar-refractivity contribution < 1.29 is 4.42 Å². The van der Waals surface area contributed by atoms with Gasteiger partial charge in [-0.2, -0.15) is 0 Å². The van der Waals surface area contributed by atoms with E-state index in [0.717, 1.165) is 16.6 Å². The summed E-state index contributed by atoms with van der Waals surface area (Å²) in [6.45, 7) is 1.95. The van der Waals surface area contributed by atoms with E-state index < -0.39 is 0 Å². The monoisotopic (exact) mass is 258 g/mol. The highest BCUT2D eigenvalue weighted by Crippen LogP contribution is 2.32. The van der Waals surface area contributed by atoms with Gasteiger partial charge in [0.1, 0.15) is 5.69 Å². The second-order valence-electron chi connectivity index (χ2n) is 4.20. The van der Waals surface area contributed by atoms with E-state index in [1.54, 1.807) is 12.3 Å². The summed E-state index contributed by atoms with van der Waals surface area (Å²) in [6.07, 6.45) is 1.62. The molecular weight excluding hydrogens is 248 g/mol.